The van der Waals surface area contributed by atoms with E-state index in [1.807, 2.05) is 13.1 Å². The lowest BCUT2D eigenvalue weighted by atomic mass is 10.1. The molecule has 3 rings (SSSR count). The van der Waals surface area contributed by atoms with Gasteiger partial charge in [0.05, 0.1) is 6.61 Å². The number of anilines is 2. The van der Waals surface area contributed by atoms with Crippen molar-refractivity contribution in [3.63, 3.8) is 0 Å². The van der Waals surface area contributed by atoms with Crippen LogP contribution in [0.5, 0.6) is 5.75 Å². The van der Waals surface area contributed by atoms with E-state index in [1.165, 1.54) is 49.3 Å². The molecule has 2 N–H and O–H groups in total. The van der Waals surface area contributed by atoms with Crippen molar-refractivity contribution in [2.24, 2.45) is 0 Å². The van der Waals surface area contributed by atoms with E-state index in [9.17, 15) is 0 Å². The summed E-state index contributed by atoms with van der Waals surface area (Å²) >= 11 is 1.52. The second-order valence-electron chi connectivity index (χ2n) is 6.28. The van der Waals surface area contributed by atoms with Crippen LogP contribution in [0.3, 0.4) is 0 Å². The number of hydrogen-bond donors (Lipinski definition) is 2. The Morgan fingerprint density at radius 1 is 1.16 bits per heavy atom. The average molecular weight is 362 g/mol. The van der Waals surface area contributed by atoms with Crippen LogP contribution in [-0.4, -0.2) is 48.4 Å². The highest BCUT2D eigenvalue weighted by Crippen LogP contribution is 2.19. The van der Waals surface area contributed by atoms with Crippen LogP contribution in [0, 0.1) is 0 Å². The molecule has 136 valence electrons. The fraction of sp³-hybridized carbons (Fsp3) is 0.556. The molecule has 2 aromatic rings. The zero-order valence-corrected chi connectivity index (χ0v) is 15.6. The van der Waals surface area contributed by atoms with Crippen LogP contribution in [0.15, 0.2) is 24.3 Å². The first kappa shape index (κ1) is 17.9. The third kappa shape index (κ3) is 5.86. The van der Waals surface area contributed by atoms with Crippen molar-refractivity contribution < 1.29 is 4.74 Å². The van der Waals surface area contributed by atoms with E-state index in [0.29, 0.717) is 6.61 Å². The summed E-state index contributed by atoms with van der Waals surface area (Å²) in [5.74, 6) is 0.961. The van der Waals surface area contributed by atoms with Crippen molar-refractivity contribution in [1.82, 2.24) is 15.1 Å². The Morgan fingerprint density at radius 3 is 2.80 bits per heavy atom. The highest BCUT2D eigenvalue weighted by atomic mass is 32.1. The van der Waals surface area contributed by atoms with Gasteiger partial charge >= 0.3 is 0 Å². The first-order valence-corrected chi connectivity index (χ1v) is 9.84. The van der Waals surface area contributed by atoms with Crippen molar-refractivity contribution in [1.29, 1.82) is 0 Å². The van der Waals surface area contributed by atoms with Gasteiger partial charge in [0, 0.05) is 20.1 Å². The maximum atomic E-state index is 5.90. The van der Waals surface area contributed by atoms with Gasteiger partial charge in [0.1, 0.15) is 5.75 Å². The largest absolute Gasteiger partial charge is 0.494 e. The Morgan fingerprint density at radius 2 is 2.00 bits per heavy atom. The Labute approximate surface area is 153 Å². The number of ether oxygens (including phenoxy) is 1. The zero-order valence-electron chi connectivity index (χ0n) is 14.8. The molecular formula is C18H27N5OS. The maximum Gasteiger partial charge on any atom is 0.207 e. The quantitative estimate of drug-likeness (QED) is 0.667. The van der Waals surface area contributed by atoms with Gasteiger partial charge in [0.25, 0.3) is 0 Å². The predicted octanol–water partition coefficient (Wildman–Crippen LogP) is 3.45. The molecule has 0 aliphatic carbocycles. The smallest absolute Gasteiger partial charge is 0.207 e. The molecule has 1 aromatic heterocycles. The van der Waals surface area contributed by atoms with E-state index in [4.69, 9.17) is 4.74 Å². The van der Waals surface area contributed by atoms with Crippen LogP contribution in [0.2, 0.25) is 0 Å². The molecule has 2 heterocycles. The van der Waals surface area contributed by atoms with Gasteiger partial charge in [-0.25, -0.2) is 0 Å². The number of piperidine rings is 1. The van der Waals surface area contributed by atoms with Gasteiger partial charge in [-0.15, -0.1) is 10.2 Å². The van der Waals surface area contributed by atoms with Crippen LogP contribution < -0.4 is 15.4 Å². The van der Waals surface area contributed by atoms with Gasteiger partial charge in [-0.2, -0.15) is 0 Å². The molecule has 0 spiro atoms. The minimum absolute atomic E-state index is 0.692. The van der Waals surface area contributed by atoms with Gasteiger partial charge in [0.2, 0.25) is 10.3 Å². The average Bonchev–Trinajstić information content (AvgIpc) is 3.11. The number of aromatic nitrogens is 2. The Kier molecular flexibility index (Phi) is 6.88. The van der Waals surface area contributed by atoms with Gasteiger partial charge < -0.3 is 15.4 Å². The monoisotopic (exact) mass is 361 g/mol. The van der Waals surface area contributed by atoms with Crippen molar-refractivity contribution in [2.75, 3.05) is 43.9 Å². The Hall–Kier alpha value is -1.86. The number of benzene rings is 1. The summed E-state index contributed by atoms with van der Waals surface area (Å²) in [6, 6.07) is 8.49. The molecule has 0 radical (unpaired) electrons. The molecule has 1 aliphatic rings. The number of nitrogens with zero attached hydrogens (tertiary/aromatic N) is 3. The molecule has 0 saturated carbocycles. The minimum Gasteiger partial charge on any atom is -0.494 e. The second-order valence-corrected chi connectivity index (χ2v) is 7.25. The van der Waals surface area contributed by atoms with Gasteiger partial charge in [-0.05, 0) is 50.0 Å². The fourth-order valence-corrected chi connectivity index (χ4v) is 3.59. The van der Waals surface area contributed by atoms with E-state index < -0.39 is 0 Å². The molecule has 0 bridgehead atoms. The highest BCUT2D eigenvalue weighted by molar-refractivity contribution is 7.19. The second kappa shape index (κ2) is 9.58. The van der Waals surface area contributed by atoms with Crippen LogP contribution in [-0.2, 0) is 6.54 Å². The van der Waals surface area contributed by atoms with E-state index in [0.717, 1.165) is 35.5 Å². The molecule has 7 heteroatoms. The van der Waals surface area contributed by atoms with Gasteiger partial charge in [0.15, 0.2) is 0 Å². The summed E-state index contributed by atoms with van der Waals surface area (Å²) in [7, 11) is 1.84. The molecule has 1 saturated heterocycles. The summed E-state index contributed by atoms with van der Waals surface area (Å²) in [5, 5.41) is 16.0. The summed E-state index contributed by atoms with van der Waals surface area (Å²) in [6.45, 7) is 4.99. The minimum atomic E-state index is 0.692. The SMILES string of the molecule is CNc1nnc(NCCCOc2cccc(CN3CCCCC3)c2)s1. The fourth-order valence-electron chi connectivity index (χ4n) is 2.96. The van der Waals surface area contributed by atoms with E-state index in [-0.39, 0.29) is 0 Å². The van der Waals surface area contributed by atoms with Crippen LogP contribution in [0.4, 0.5) is 10.3 Å². The maximum absolute atomic E-state index is 5.90. The molecule has 0 atom stereocenters. The third-order valence-electron chi connectivity index (χ3n) is 4.26. The number of likely N-dealkylation sites (tertiary alicyclic amines) is 1. The third-order valence-corrected chi connectivity index (χ3v) is 5.16. The van der Waals surface area contributed by atoms with Crippen molar-refractivity contribution in [3.05, 3.63) is 29.8 Å². The zero-order chi connectivity index (χ0) is 17.3. The Bertz CT molecular complexity index is 642. The Balaban J connectivity index is 1.37. The highest BCUT2D eigenvalue weighted by Gasteiger charge is 2.10. The lowest BCUT2D eigenvalue weighted by molar-refractivity contribution is 0.220. The van der Waals surface area contributed by atoms with E-state index in [2.05, 4.69) is 43.9 Å². The van der Waals surface area contributed by atoms with Gasteiger partial charge in [-0.1, -0.05) is 29.9 Å². The molecule has 1 fully saturated rings. The summed E-state index contributed by atoms with van der Waals surface area (Å²) in [4.78, 5) is 2.54. The summed E-state index contributed by atoms with van der Waals surface area (Å²) in [5.41, 5.74) is 1.34. The lowest BCUT2D eigenvalue weighted by Gasteiger charge is -2.26. The topological polar surface area (TPSA) is 62.3 Å². The number of nitrogens with one attached hydrogen (secondary N) is 2. The molecular weight excluding hydrogens is 334 g/mol. The molecule has 6 nitrogen and oxygen atoms in total. The van der Waals surface area contributed by atoms with Gasteiger partial charge in [-0.3, -0.25) is 4.90 Å². The molecule has 0 unspecified atom stereocenters. The lowest BCUT2D eigenvalue weighted by Crippen LogP contribution is -2.29. The molecule has 1 aliphatic heterocycles. The summed E-state index contributed by atoms with van der Waals surface area (Å²) in [6.07, 6.45) is 4.95. The molecule has 0 amide bonds. The number of hydrogen-bond acceptors (Lipinski definition) is 7. The number of rotatable bonds is 9. The van der Waals surface area contributed by atoms with Crippen molar-refractivity contribution >= 4 is 21.6 Å². The van der Waals surface area contributed by atoms with Crippen LogP contribution in [0.25, 0.3) is 0 Å². The van der Waals surface area contributed by atoms with E-state index >= 15 is 0 Å². The van der Waals surface area contributed by atoms with Crippen LogP contribution >= 0.6 is 11.3 Å². The molecule has 1 aromatic carbocycles. The van der Waals surface area contributed by atoms with Crippen molar-refractivity contribution in [2.45, 2.75) is 32.2 Å². The molecule has 25 heavy (non-hydrogen) atoms. The van der Waals surface area contributed by atoms with E-state index in [1.54, 1.807) is 0 Å². The van der Waals surface area contributed by atoms with Crippen molar-refractivity contribution in [3.8, 4) is 5.75 Å². The normalized spacial score (nSPS) is 15.1. The summed E-state index contributed by atoms with van der Waals surface area (Å²) < 4.78 is 5.90. The van der Waals surface area contributed by atoms with Crippen LogP contribution in [0.1, 0.15) is 31.2 Å². The standard InChI is InChI=1S/C18H27N5OS/c1-19-17-21-22-18(25-17)20-9-6-12-24-16-8-5-7-15(13-16)14-23-10-3-2-4-11-23/h5,7-8,13H,2-4,6,9-12,14H2,1H3,(H,19,21)(H,20,22). The predicted molar refractivity (Wildman–Crippen MR) is 104 cm³/mol. The first-order chi connectivity index (χ1) is 12.3. The first-order valence-electron chi connectivity index (χ1n) is 9.03.